The van der Waals surface area contributed by atoms with Gasteiger partial charge in [0.05, 0.1) is 25.0 Å². The largest absolute Gasteiger partial charge is 0.493 e. The molecule has 0 aliphatic carbocycles. The van der Waals surface area contributed by atoms with Crippen molar-refractivity contribution in [1.29, 1.82) is 0 Å². The van der Waals surface area contributed by atoms with Crippen LogP contribution in [0, 0.1) is 5.92 Å². The van der Waals surface area contributed by atoms with Gasteiger partial charge in [-0.3, -0.25) is 9.59 Å². The molecule has 1 N–H and O–H groups in total. The van der Waals surface area contributed by atoms with E-state index in [1.807, 2.05) is 53.4 Å². The quantitative estimate of drug-likeness (QED) is 0.759. The number of rotatable bonds is 4. The second-order valence-electron chi connectivity index (χ2n) is 7.72. The molecule has 0 bridgehead atoms. The van der Waals surface area contributed by atoms with Crippen LogP contribution in [0.1, 0.15) is 36.4 Å². The molecular weight excluding hydrogens is 432 g/mol. The zero-order valence-corrected chi connectivity index (χ0v) is 17.9. The van der Waals surface area contributed by atoms with Crippen LogP contribution >= 0.6 is 15.9 Å². The van der Waals surface area contributed by atoms with Gasteiger partial charge in [0.2, 0.25) is 11.8 Å². The van der Waals surface area contributed by atoms with E-state index >= 15 is 0 Å². The Morgan fingerprint density at radius 1 is 1.14 bits per heavy atom. The van der Waals surface area contributed by atoms with Crippen LogP contribution in [0.3, 0.4) is 0 Å². The molecule has 0 saturated carbocycles. The third-order valence-corrected chi connectivity index (χ3v) is 6.16. The van der Waals surface area contributed by atoms with Gasteiger partial charge in [0.25, 0.3) is 0 Å². The predicted octanol–water partition coefficient (Wildman–Crippen LogP) is 3.87. The summed E-state index contributed by atoms with van der Waals surface area (Å²) in [5.41, 5.74) is 2.01. The van der Waals surface area contributed by atoms with Crippen molar-refractivity contribution in [3.8, 4) is 5.75 Å². The Bertz CT molecular complexity index is 887. The first-order valence-electron chi connectivity index (χ1n) is 10.1. The summed E-state index contributed by atoms with van der Waals surface area (Å²) in [6.45, 7) is 1.81. The van der Waals surface area contributed by atoms with Gasteiger partial charge in [0.15, 0.2) is 0 Å². The molecule has 5 nitrogen and oxygen atoms in total. The lowest BCUT2D eigenvalue weighted by molar-refractivity contribution is -0.135. The molecule has 2 heterocycles. The molecule has 1 saturated heterocycles. The summed E-state index contributed by atoms with van der Waals surface area (Å²) >= 11 is 3.50. The van der Waals surface area contributed by atoms with Gasteiger partial charge in [-0.25, -0.2) is 0 Å². The molecule has 2 atom stereocenters. The molecule has 0 aromatic heterocycles. The van der Waals surface area contributed by atoms with Crippen LogP contribution in [0.25, 0.3) is 0 Å². The highest BCUT2D eigenvalue weighted by Crippen LogP contribution is 2.34. The highest BCUT2D eigenvalue weighted by Gasteiger charge is 2.31. The number of fused-ring (bicyclic) bond motifs is 1. The average Bonchev–Trinajstić information content (AvgIpc) is 2.75. The van der Waals surface area contributed by atoms with Crippen LogP contribution in [0.4, 0.5) is 0 Å². The number of hydrogen-bond donors (Lipinski definition) is 1. The molecule has 2 amide bonds. The number of carbonyl (C=O) groups is 2. The van der Waals surface area contributed by atoms with Gasteiger partial charge in [-0.15, -0.1) is 0 Å². The number of likely N-dealkylation sites (tertiary alicyclic amines) is 1. The lowest BCUT2D eigenvalue weighted by Gasteiger charge is -2.34. The van der Waals surface area contributed by atoms with Crippen molar-refractivity contribution in [3.63, 3.8) is 0 Å². The van der Waals surface area contributed by atoms with E-state index in [0.717, 1.165) is 47.2 Å². The van der Waals surface area contributed by atoms with Crippen molar-refractivity contribution in [2.75, 3.05) is 19.7 Å². The Morgan fingerprint density at radius 2 is 1.97 bits per heavy atom. The highest BCUT2D eigenvalue weighted by molar-refractivity contribution is 9.10. The fourth-order valence-electron chi connectivity index (χ4n) is 4.10. The summed E-state index contributed by atoms with van der Waals surface area (Å²) in [5.74, 6) is 0.782. The number of amides is 2. The highest BCUT2D eigenvalue weighted by atomic mass is 79.9. The summed E-state index contributed by atoms with van der Waals surface area (Å²) in [6, 6.07) is 15.6. The fourth-order valence-corrected chi connectivity index (χ4v) is 4.48. The van der Waals surface area contributed by atoms with Crippen LogP contribution in [0.5, 0.6) is 5.75 Å². The van der Waals surface area contributed by atoms with Gasteiger partial charge in [0.1, 0.15) is 5.75 Å². The van der Waals surface area contributed by atoms with Gasteiger partial charge >= 0.3 is 0 Å². The number of halogens is 1. The van der Waals surface area contributed by atoms with Crippen molar-refractivity contribution in [3.05, 3.63) is 64.1 Å². The van der Waals surface area contributed by atoms with Gasteiger partial charge in [0, 0.05) is 29.5 Å². The molecule has 4 rings (SSSR count). The molecule has 1 fully saturated rings. The zero-order valence-electron chi connectivity index (χ0n) is 16.3. The van der Waals surface area contributed by atoms with Crippen molar-refractivity contribution in [2.45, 2.75) is 31.7 Å². The minimum atomic E-state index is -0.165. The lowest BCUT2D eigenvalue weighted by Crippen LogP contribution is -2.46. The Morgan fingerprint density at radius 3 is 2.79 bits per heavy atom. The molecule has 2 unspecified atom stereocenters. The molecule has 152 valence electrons. The maximum absolute atomic E-state index is 13.0. The molecular formula is C23H25BrN2O3. The van der Waals surface area contributed by atoms with E-state index in [2.05, 4.69) is 21.2 Å². The summed E-state index contributed by atoms with van der Waals surface area (Å²) in [5, 5.41) is 3.20. The number of ether oxygens (including phenoxy) is 1. The van der Waals surface area contributed by atoms with E-state index in [0.29, 0.717) is 19.6 Å². The second-order valence-corrected chi connectivity index (χ2v) is 8.64. The van der Waals surface area contributed by atoms with Crippen LogP contribution in [0.2, 0.25) is 0 Å². The Labute approximate surface area is 179 Å². The van der Waals surface area contributed by atoms with Gasteiger partial charge in [-0.2, -0.15) is 0 Å². The Hall–Kier alpha value is -2.34. The minimum Gasteiger partial charge on any atom is -0.493 e. The first-order valence-corrected chi connectivity index (χ1v) is 10.9. The standard InChI is InChI=1S/C23H25BrN2O3/c24-18-8-9-21-19(14-18)20(10-12-29-21)25-23(28)17-7-4-11-26(15-17)22(27)13-16-5-2-1-3-6-16/h1-3,5-6,8-9,14,17,20H,4,7,10-13,15H2,(H,25,28). The number of benzene rings is 2. The van der Waals surface area contributed by atoms with Crippen molar-refractivity contribution in [1.82, 2.24) is 10.2 Å². The third kappa shape index (κ3) is 4.81. The summed E-state index contributed by atoms with van der Waals surface area (Å²) < 4.78 is 6.68. The molecule has 6 heteroatoms. The molecule has 29 heavy (non-hydrogen) atoms. The number of nitrogens with zero attached hydrogens (tertiary/aromatic N) is 1. The van der Waals surface area contributed by atoms with Crippen LogP contribution in [-0.4, -0.2) is 36.4 Å². The monoisotopic (exact) mass is 456 g/mol. The maximum atomic E-state index is 13.0. The molecule has 2 aromatic rings. The fraction of sp³-hybridized carbons (Fsp3) is 0.391. The van der Waals surface area contributed by atoms with E-state index < -0.39 is 0 Å². The molecule has 2 aromatic carbocycles. The summed E-state index contributed by atoms with van der Waals surface area (Å²) in [6.07, 6.45) is 2.80. The first kappa shape index (κ1) is 20.0. The average molecular weight is 457 g/mol. The lowest BCUT2D eigenvalue weighted by atomic mass is 9.94. The van der Waals surface area contributed by atoms with E-state index in [-0.39, 0.29) is 23.8 Å². The van der Waals surface area contributed by atoms with Crippen LogP contribution in [0.15, 0.2) is 53.0 Å². The molecule has 0 radical (unpaired) electrons. The Kier molecular flexibility index (Phi) is 6.19. The molecule has 2 aliphatic rings. The number of piperidine rings is 1. The van der Waals surface area contributed by atoms with Crippen LogP contribution in [-0.2, 0) is 16.0 Å². The van der Waals surface area contributed by atoms with Gasteiger partial charge in [-0.05, 0) is 36.6 Å². The molecule has 0 spiro atoms. The topological polar surface area (TPSA) is 58.6 Å². The van der Waals surface area contributed by atoms with E-state index in [1.165, 1.54) is 0 Å². The zero-order chi connectivity index (χ0) is 20.2. The predicted molar refractivity (Wildman–Crippen MR) is 115 cm³/mol. The second kappa shape index (κ2) is 8.99. The summed E-state index contributed by atoms with van der Waals surface area (Å²) in [7, 11) is 0. The maximum Gasteiger partial charge on any atom is 0.227 e. The molecule has 2 aliphatic heterocycles. The van der Waals surface area contributed by atoms with E-state index in [1.54, 1.807) is 0 Å². The van der Waals surface area contributed by atoms with Crippen LogP contribution < -0.4 is 10.1 Å². The first-order chi connectivity index (χ1) is 14.1. The SMILES string of the molecule is O=C(NC1CCOc2ccc(Br)cc21)C1CCCN(C(=O)Cc2ccccc2)C1. The van der Waals surface area contributed by atoms with E-state index in [4.69, 9.17) is 4.74 Å². The smallest absolute Gasteiger partial charge is 0.227 e. The van der Waals surface area contributed by atoms with Crippen molar-refractivity contribution in [2.24, 2.45) is 5.92 Å². The number of nitrogens with one attached hydrogen (secondary N) is 1. The minimum absolute atomic E-state index is 0.0278. The third-order valence-electron chi connectivity index (χ3n) is 5.67. The van der Waals surface area contributed by atoms with Crippen molar-refractivity contribution >= 4 is 27.7 Å². The van der Waals surface area contributed by atoms with E-state index in [9.17, 15) is 9.59 Å². The van der Waals surface area contributed by atoms with Gasteiger partial charge < -0.3 is 15.0 Å². The number of carbonyl (C=O) groups excluding carboxylic acids is 2. The normalized spacial score (nSPS) is 21.1. The number of hydrogen-bond acceptors (Lipinski definition) is 3. The summed E-state index contributed by atoms with van der Waals surface area (Å²) in [4.78, 5) is 27.5. The van der Waals surface area contributed by atoms with Gasteiger partial charge in [-0.1, -0.05) is 46.3 Å². The van der Waals surface area contributed by atoms with Crippen molar-refractivity contribution < 1.29 is 14.3 Å². The Balaban J connectivity index is 1.38.